The molecule has 2 heterocycles. The molecule has 0 spiro atoms. The number of hydrogen-bond acceptors (Lipinski definition) is 3. The summed E-state index contributed by atoms with van der Waals surface area (Å²) in [6, 6.07) is 4.90. The van der Waals surface area contributed by atoms with Crippen LogP contribution in [0.1, 0.15) is 28.2 Å². The van der Waals surface area contributed by atoms with Crippen molar-refractivity contribution in [2.24, 2.45) is 0 Å². The number of aryl methyl sites for hydroxylation is 1. The molecule has 0 radical (unpaired) electrons. The number of fused-ring (bicyclic) bond motifs is 1. The second-order valence-corrected chi connectivity index (χ2v) is 5.88. The predicted molar refractivity (Wildman–Crippen MR) is 78.8 cm³/mol. The maximum absolute atomic E-state index is 13.6. The number of H-pyrrole nitrogens is 1. The third kappa shape index (κ3) is 3.33. The Morgan fingerprint density at radius 3 is 2.75 bits per heavy atom. The molecule has 0 aliphatic carbocycles. The Kier molecular flexibility index (Phi) is 4.16. The van der Waals surface area contributed by atoms with E-state index in [4.69, 9.17) is 0 Å². The average molecular weight is 341 g/mol. The first-order valence-corrected chi connectivity index (χ1v) is 7.40. The van der Waals surface area contributed by atoms with E-state index in [0.717, 1.165) is 5.56 Å². The van der Waals surface area contributed by atoms with Crippen LogP contribution in [0.3, 0.4) is 0 Å². The normalized spacial score (nSPS) is 15.4. The van der Waals surface area contributed by atoms with Crippen LogP contribution in [0.15, 0.2) is 23.0 Å². The standard InChI is InChI=1S/C16H15F4N3O/c1-9-2-3-10(6-12(9)17)7-23-5-4-13-11(8-23)14(24)22-15(21-13)16(18,19)20/h2-3,6H,4-5,7-8H2,1H3,(H,21,22,24). The van der Waals surface area contributed by atoms with Gasteiger partial charge in [-0.05, 0) is 24.1 Å². The Bertz CT molecular complexity index is 829. The van der Waals surface area contributed by atoms with E-state index in [9.17, 15) is 22.4 Å². The summed E-state index contributed by atoms with van der Waals surface area (Å²) in [5.74, 6) is -1.57. The van der Waals surface area contributed by atoms with Gasteiger partial charge in [0, 0.05) is 26.1 Å². The quantitative estimate of drug-likeness (QED) is 0.855. The molecule has 128 valence electrons. The van der Waals surface area contributed by atoms with E-state index in [1.165, 1.54) is 6.07 Å². The van der Waals surface area contributed by atoms with E-state index in [0.29, 0.717) is 18.7 Å². The zero-order valence-corrected chi connectivity index (χ0v) is 12.9. The number of aromatic nitrogens is 2. The van der Waals surface area contributed by atoms with Crippen molar-refractivity contribution in [2.75, 3.05) is 6.54 Å². The third-order valence-electron chi connectivity index (χ3n) is 4.06. The Labute approximate surface area is 135 Å². The maximum atomic E-state index is 13.6. The summed E-state index contributed by atoms with van der Waals surface area (Å²) >= 11 is 0. The average Bonchev–Trinajstić information content (AvgIpc) is 2.50. The first kappa shape index (κ1) is 16.6. The lowest BCUT2D eigenvalue weighted by Gasteiger charge is -2.27. The highest BCUT2D eigenvalue weighted by molar-refractivity contribution is 5.25. The highest BCUT2D eigenvalue weighted by atomic mass is 19.4. The van der Waals surface area contributed by atoms with Gasteiger partial charge < -0.3 is 4.98 Å². The molecule has 1 aromatic heterocycles. The highest BCUT2D eigenvalue weighted by Crippen LogP contribution is 2.26. The molecule has 0 bridgehead atoms. The van der Waals surface area contributed by atoms with Crippen LogP contribution in [0, 0.1) is 12.7 Å². The molecule has 1 aliphatic heterocycles. The molecule has 0 unspecified atom stereocenters. The van der Waals surface area contributed by atoms with Crippen LogP contribution in [0.4, 0.5) is 17.6 Å². The predicted octanol–water partition coefficient (Wildman–Crippen LogP) is 2.79. The van der Waals surface area contributed by atoms with Crippen LogP contribution >= 0.6 is 0 Å². The molecule has 0 saturated heterocycles. The molecular weight excluding hydrogens is 326 g/mol. The van der Waals surface area contributed by atoms with Crippen LogP contribution in [0.5, 0.6) is 0 Å². The second-order valence-electron chi connectivity index (χ2n) is 5.88. The van der Waals surface area contributed by atoms with Crippen molar-refractivity contribution >= 4 is 0 Å². The summed E-state index contributed by atoms with van der Waals surface area (Å²) < 4.78 is 51.7. The van der Waals surface area contributed by atoms with Gasteiger partial charge in [-0.15, -0.1) is 0 Å². The largest absolute Gasteiger partial charge is 0.449 e. The first-order chi connectivity index (χ1) is 11.2. The fraction of sp³-hybridized carbons (Fsp3) is 0.375. The number of rotatable bonds is 2. The van der Waals surface area contributed by atoms with Crippen molar-refractivity contribution in [2.45, 2.75) is 32.6 Å². The van der Waals surface area contributed by atoms with Crippen molar-refractivity contribution in [3.63, 3.8) is 0 Å². The Morgan fingerprint density at radius 1 is 1.33 bits per heavy atom. The monoisotopic (exact) mass is 341 g/mol. The lowest BCUT2D eigenvalue weighted by atomic mass is 10.1. The molecule has 24 heavy (non-hydrogen) atoms. The van der Waals surface area contributed by atoms with E-state index < -0.39 is 17.6 Å². The van der Waals surface area contributed by atoms with Crippen LogP contribution in [-0.2, 0) is 25.7 Å². The van der Waals surface area contributed by atoms with Gasteiger partial charge in [-0.25, -0.2) is 9.37 Å². The van der Waals surface area contributed by atoms with Crippen molar-refractivity contribution in [1.82, 2.24) is 14.9 Å². The maximum Gasteiger partial charge on any atom is 0.449 e. The zero-order chi connectivity index (χ0) is 17.5. The SMILES string of the molecule is Cc1ccc(CN2CCc3nc(C(F)(F)F)[nH]c(=O)c3C2)cc1F. The van der Waals surface area contributed by atoms with Crippen LogP contribution in [0.2, 0.25) is 0 Å². The third-order valence-corrected chi connectivity index (χ3v) is 4.06. The first-order valence-electron chi connectivity index (χ1n) is 7.40. The molecule has 1 N–H and O–H groups in total. The molecule has 0 fully saturated rings. The van der Waals surface area contributed by atoms with E-state index in [1.807, 2.05) is 4.90 Å². The van der Waals surface area contributed by atoms with Crippen LogP contribution < -0.4 is 5.56 Å². The molecule has 8 heteroatoms. The number of nitrogens with one attached hydrogen (secondary N) is 1. The number of benzene rings is 1. The fourth-order valence-corrected chi connectivity index (χ4v) is 2.74. The van der Waals surface area contributed by atoms with Crippen LogP contribution in [0.25, 0.3) is 0 Å². The molecule has 0 atom stereocenters. The van der Waals surface area contributed by atoms with Gasteiger partial charge in [0.2, 0.25) is 5.82 Å². The molecular formula is C16H15F4N3O. The van der Waals surface area contributed by atoms with Gasteiger partial charge in [0.1, 0.15) is 5.82 Å². The van der Waals surface area contributed by atoms with Gasteiger partial charge in [0.05, 0.1) is 11.3 Å². The fourth-order valence-electron chi connectivity index (χ4n) is 2.74. The number of hydrogen-bond donors (Lipinski definition) is 1. The number of halogens is 4. The van der Waals surface area contributed by atoms with E-state index >= 15 is 0 Å². The molecule has 0 amide bonds. The molecule has 2 aromatic rings. The smallest absolute Gasteiger partial charge is 0.303 e. The Hall–Kier alpha value is -2.22. The number of nitrogens with zero attached hydrogens (tertiary/aromatic N) is 2. The zero-order valence-electron chi connectivity index (χ0n) is 12.9. The lowest BCUT2D eigenvalue weighted by molar-refractivity contribution is -0.145. The highest BCUT2D eigenvalue weighted by Gasteiger charge is 2.35. The molecule has 1 aliphatic rings. The summed E-state index contributed by atoms with van der Waals surface area (Å²) in [5, 5.41) is 0. The van der Waals surface area contributed by atoms with Gasteiger partial charge in [0.25, 0.3) is 5.56 Å². The summed E-state index contributed by atoms with van der Waals surface area (Å²) in [7, 11) is 0. The lowest BCUT2D eigenvalue weighted by Crippen LogP contribution is -2.36. The summed E-state index contributed by atoms with van der Waals surface area (Å²) in [6.45, 7) is 2.72. The minimum Gasteiger partial charge on any atom is -0.303 e. The van der Waals surface area contributed by atoms with Gasteiger partial charge >= 0.3 is 6.18 Å². The van der Waals surface area contributed by atoms with E-state index in [2.05, 4.69) is 4.98 Å². The molecule has 1 aromatic carbocycles. The van der Waals surface area contributed by atoms with Gasteiger partial charge in [-0.1, -0.05) is 12.1 Å². The van der Waals surface area contributed by atoms with Gasteiger partial charge in [-0.3, -0.25) is 9.69 Å². The Balaban J connectivity index is 1.82. The molecule has 3 rings (SSSR count). The van der Waals surface area contributed by atoms with Crippen molar-refractivity contribution in [3.8, 4) is 0 Å². The minimum atomic E-state index is -4.68. The van der Waals surface area contributed by atoms with Crippen molar-refractivity contribution in [3.05, 3.63) is 62.6 Å². The van der Waals surface area contributed by atoms with E-state index in [-0.39, 0.29) is 30.0 Å². The van der Waals surface area contributed by atoms with Crippen molar-refractivity contribution < 1.29 is 17.6 Å². The topological polar surface area (TPSA) is 49.0 Å². The minimum absolute atomic E-state index is 0.178. The van der Waals surface area contributed by atoms with E-state index in [1.54, 1.807) is 24.0 Å². The van der Waals surface area contributed by atoms with Crippen LogP contribution in [-0.4, -0.2) is 21.4 Å². The Morgan fingerprint density at radius 2 is 2.08 bits per heavy atom. The number of aromatic amines is 1. The van der Waals surface area contributed by atoms with Crippen molar-refractivity contribution in [1.29, 1.82) is 0 Å². The van der Waals surface area contributed by atoms with Gasteiger partial charge in [-0.2, -0.15) is 13.2 Å². The number of alkyl halides is 3. The van der Waals surface area contributed by atoms with Gasteiger partial charge in [0.15, 0.2) is 0 Å². The summed E-state index contributed by atoms with van der Waals surface area (Å²) in [5.41, 5.74) is 0.937. The second kappa shape index (κ2) is 6.01. The summed E-state index contributed by atoms with van der Waals surface area (Å²) in [4.78, 5) is 19.2. The molecule has 0 saturated carbocycles. The molecule has 4 nitrogen and oxygen atoms in total. The summed E-state index contributed by atoms with van der Waals surface area (Å²) in [6.07, 6.45) is -4.43.